The second-order valence-corrected chi connectivity index (χ2v) is 5.14. The molecule has 0 atom stereocenters. The summed E-state index contributed by atoms with van der Waals surface area (Å²) in [5, 5.41) is 12.6. The van der Waals surface area contributed by atoms with Gasteiger partial charge in [0, 0.05) is 12.1 Å². The maximum absolute atomic E-state index is 12.2. The van der Waals surface area contributed by atoms with Crippen LogP contribution in [0.25, 0.3) is 0 Å². The normalized spacial score (nSPS) is 12.8. The van der Waals surface area contributed by atoms with E-state index in [1.807, 2.05) is 25.1 Å². The molecular formula is C17H17NO4. The van der Waals surface area contributed by atoms with E-state index in [-0.39, 0.29) is 17.2 Å². The summed E-state index contributed by atoms with van der Waals surface area (Å²) in [6.45, 7) is 3.18. The maximum Gasteiger partial charge on any atom is 0.255 e. The van der Waals surface area contributed by atoms with E-state index >= 15 is 0 Å². The number of benzene rings is 2. The number of hydrogen-bond donors (Lipinski definition) is 2. The van der Waals surface area contributed by atoms with Crippen LogP contribution in [0.3, 0.4) is 0 Å². The van der Waals surface area contributed by atoms with Crippen LogP contribution in [0.15, 0.2) is 36.4 Å². The van der Waals surface area contributed by atoms with Crippen LogP contribution < -0.4 is 14.8 Å². The number of carbonyl (C=O) groups is 1. The maximum atomic E-state index is 12.2. The highest BCUT2D eigenvalue weighted by atomic mass is 16.6. The van der Waals surface area contributed by atoms with E-state index in [4.69, 9.17) is 9.47 Å². The molecule has 0 aliphatic carbocycles. The Hall–Kier alpha value is -2.69. The minimum Gasteiger partial charge on any atom is -0.507 e. The third-order valence-corrected chi connectivity index (χ3v) is 3.49. The summed E-state index contributed by atoms with van der Waals surface area (Å²) in [6, 6.07) is 10.5. The molecular weight excluding hydrogens is 282 g/mol. The SMILES string of the molecule is Cc1ccc(C(=O)NCc2cccc3c2OCCO3)c(O)c1. The first kappa shape index (κ1) is 14.3. The second-order valence-electron chi connectivity index (χ2n) is 5.14. The zero-order valence-corrected chi connectivity index (χ0v) is 12.3. The van der Waals surface area contributed by atoms with Gasteiger partial charge in [0.2, 0.25) is 0 Å². The lowest BCUT2D eigenvalue weighted by molar-refractivity contribution is 0.0947. The topological polar surface area (TPSA) is 67.8 Å². The first-order chi connectivity index (χ1) is 10.6. The Labute approximate surface area is 128 Å². The quantitative estimate of drug-likeness (QED) is 0.913. The lowest BCUT2D eigenvalue weighted by Crippen LogP contribution is -2.24. The van der Waals surface area contributed by atoms with E-state index in [9.17, 15) is 9.90 Å². The molecule has 0 saturated carbocycles. The van der Waals surface area contributed by atoms with Gasteiger partial charge in [-0.3, -0.25) is 4.79 Å². The van der Waals surface area contributed by atoms with Gasteiger partial charge in [0.05, 0.1) is 5.56 Å². The van der Waals surface area contributed by atoms with Gasteiger partial charge in [-0.15, -0.1) is 0 Å². The minimum atomic E-state index is -0.327. The average molecular weight is 299 g/mol. The van der Waals surface area contributed by atoms with Crippen LogP contribution in [0.5, 0.6) is 17.2 Å². The number of fused-ring (bicyclic) bond motifs is 1. The van der Waals surface area contributed by atoms with Crippen LogP contribution >= 0.6 is 0 Å². The number of carbonyl (C=O) groups excluding carboxylic acids is 1. The predicted octanol–water partition coefficient (Wildman–Crippen LogP) is 2.40. The van der Waals surface area contributed by atoms with Gasteiger partial charge in [-0.05, 0) is 30.7 Å². The predicted molar refractivity (Wildman–Crippen MR) is 81.4 cm³/mol. The molecule has 0 radical (unpaired) electrons. The Bertz CT molecular complexity index is 712. The second kappa shape index (κ2) is 5.97. The molecule has 22 heavy (non-hydrogen) atoms. The minimum absolute atomic E-state index is 0.0211. The van der Waals surface area contributed by atoms with Gasteiger partial charge in [0.25, 0.3) is 5.91 Å². The molecule has 0 aromatic heterocycles. The number of phenols is 1. The van der Waals surface area contributed by atoms with E-state index in [2.05, 4.69) is 5.32 Å². The average Bonchev–Trinajstić information content (AvgIpc) is 2.52. The lowest BCUT2D eigenvalue weighted by atomic mass is 10.1. The molecule has 114 valence electrons. The van der Waals surface area contributed by atoms with Crippen LogP contribution in [0.4, 0.5) is 0 Å². The van der Waals surface area contributed by atoms with Crippen molar-refractivity contribution in [1.29, 1.82) is 0 Å². The first-order valence-electron chi connectivity index (χ1n) is 7.10. The van der Waals surface area contributed by atoms with E-state index in [0.29, 0.717) is 31.3 Å². The summed E-state index contributed by atoms with van der Waals surface area (Å²) in [4.78, 5) is 12.2. The number of nitrogens with one attached hydrogen (secondary N) is 1. The standard InChI is InChI=1S/C17H17NO4/c1-11-5-6-13(14(19)9-11)17(20)18-10-12-3-2-4-15-16(12)22-8-7-21-15/h2-6,9,19H,7-8,10H2,1H3,(H,18,20). The van der Waals surface area contributed by atoms with Gasteiger partial charge in [-0.1, -0.05) is 18.2 Å². The number of amides is 1. The number of para-hydroxylation sites is 1. The van der Waals surface area contributed by atoms with Crippen molar-refractivity contribution in [2.45, 2.75) is 13.5 Å². The summed E-state index contributed by atoms with van der Waals surface area (Å²) in [6.07, 6.45) is 0. The van der Waals surface area contributed by atoms with Gasteiger partial charge < -0.3 is 19.9 Å². The number of phenolic OH excluding ortho intramolecular Hbond substituents is 1. The van der Waals surface area contributed by atoms with Crippen LogP contribution in [-0.2, 0) is 6.54 Å². The monoisotopic (exact) mass is 299 g/mol. The molecule has 2 aromatic rings. The van der Waals surface area contributed by atoms with E-state index in [1.54, 1.807) is 18.2 Å². The Morgan fingerprint density at radius 1 is 1.23 bits per heavy atom. The van der Waals surface area contributed by atoms with Crippen molar-refractivity contribution in [1.82, 2.24) is 5.32 Å². The van der Waals surface area contributed by atoms with Crippen molar-refractivity contribution < 1.29 is 19.4 Å². The fourth-order valence-electron chi connectivity index (χ4n) is 2.38. The highest BCUT2D eigenvalue weighted by Crippen LogP contribution is 2.33. The van der Waals surface area contributed by atoms with Gasteiger partial charge >= 0.3 is 0 Å². The van der Waals surface area contributed by atoms with Gasteiger partial charge in [0.15, 0.2) is 11.5 Å². The Kier molecular flexibility index (Phi) is 3.87. The van der Waals surface area contributed by atoms with Crippen molar-refractivity contribution in [3.8, 4) is 17.2 Å². The molecule has 1 amide bonds. The smallest absolute Gasteiger partial charge is 0.255 e. The van der Waals surface area contributed by atoms with Gasteiger partial charge in [-0.25, -0.2) is 0 Å². The largest absolute Gasteiger partial charge is 0.507 e. The zero-order valence-electron chi connectivity index (χ0n) is 12.3. The highest BCUT2D eigenvalue weighted by molar-refractivity contribution is 5.96. The molecule has 5 heteroatoms. The molecule has 1 heterocycles. The number of aromatic hydroxyl groups is 1. The fourth-order valence-corrected chi connectivity index (χ4v) is 2.38. The summed E-state index contributed by atoms with van der Waals surface area (Å²) >= 11 is 0. The third-order valence-electron chi connectivity index (χ3n) is 3.49. The molecule has 0 bridgehead atoms. The number of ether oxygens (including phenoxy) is 2. The van der Waals surface area contributed by atoms with Crippen molar-refractivity contribution in [2.24, 2.45) is 0 Å². The first-order valence-corrected chi connectivity index (χ1v) is 7.10. The molecule has 5 nitrogen and oxygen atoms in total. The van der Waals surface area contributed by atoms with Crippen molar-refractivity contribution >= 4 is 5.91 Å². The molecule has 0 saturated heterocycles. The Morgan fingerprint density at radius 3 is 2.86 bits per heavy atom. The molecule has 3 rings (SSSR count). The molecule has 0 spiro atoms. The summed E-state index contributed by atoms with van der Waals surface area (Å²) in [5.74, 6) is 1.01. The Balaban J connectivity index is 1.74. The number of aryl methyl sites for hydroxylation is 1. The van der Waals surface area contributed by atoms with Crippen molar-refractivity contribution in [3.05, 3.63) is 53.1 Å². The molecule has 0 fully saturated rings. The third kappa shape index (κ3) is 2.83. The lowest BCUT2D eigenvalue weighted by Gasteiger charge is -2.21. The molecule has 1 aliphatic rings. The van der Waals surface area contributed by atoms with Crippen LogP contribution in [-0.4, -0.2) is 24.2 Å². The summed E-state index contributed by atoms with van der Waals surface area (Å²) < 4.78 is 11.1. The van der Waals surface area contributed by atoms with Crippen LogP contribution in [0, 0.1) is 6.92 Å². The number of rotatable bonds is 3. The number of hydrogen-bond acceptors (Lipinski definition) is 4. The van der Waals surface area contributed by atoms with Crippen molar-refractivity contribution in [2.75, 3.05) is 13.2 Å². The molecule has 1 aliphatic heterocycles. The summed E-state index contributed by atoms with van der Waals surface area (Å²) in [5.41, 5.74) is 2.00. The highest BCUT2D eigenvalue weighted by Gasteiger charge is 2.17. The van der Waals surface area contributed by atoms with Gasteiger partial charge in [0.1, 0.15) is 19.0 Å². The molecule has 2 N–H and O–H groups in total. The van der Waals surface area contributed by atoms with E-state index in [0.717, 1.165) is 11.1 Å². The Morgan fingerprint density at radius 2 is 2.05 bits per heavy atom. The van der Waals surface area contributed by atoms with E-state index in [1.165, 1.54) is 0 Å². The van der Waals surface area contributed by atoms with Crippen molar-refractivity contribution in [3.63, 3.8) is 0 Å². The van der Waals surface area contributed by atoms with Gasteiger partial charge in [-0.2, -0.15) is 0 Å². The fraction of sp³-hybridized carbons (Fsp3) is 0.235. The molecule has 0 unspecified atom stereocenters. The molecule has 2 aromatic carbocycles. The zero-order chi connectivity index (χ0) is 15.5. The van der Waals surface area contributed by atoms with Crippen LogP contribution in [0.1, 0.15) is 21.5 Å². The van der Waals surface area contributed by atoms with E-state index < -0.39 is 0 Å². The van der Waals surface area contributed by atoms with Crippen LogP contribution in [0.2, 0.25) is 0 Å². The summed E-state index contributed by atoms with van der Waals surface area (Å²) in [7, 11) is 0.